The Morgan fingerprint density at radius 2 is 2.29 bits per heavy atom. The van der Waals surface area contributed by atoms with Gasteiger partial charge in [0.25, 0.3) is 0 Å². The molecule has 1 aromatic heterocycles. The highest BCUT2D eigenvalue weighted by Crippen LogP contribution is 2.15. The Morgan fingerprint density at radius 3 is 2.88 bits per heavy atom. The molecular weight excluding hydrogens is 214 g/mol. The van der Waals surface area contributed by atoms with Crippen molar-refractivity contribution in [2.45, 2.75) is 13.0 Å². The first kappa shape index (κ1) is 12.3. The molecule has 0 aliphatic carbocycles. The maximum absolute atomic E-state index is 5.51. The molecule has 2 N–H and O–H groups in total. The lowest BCUT2D eigenvalue weighted by atomic mass is 10.1. The summed E-state index contributed by atoms with van der Waals surface area (Å²) in [5, 5.41) is 0. The largest absolute Gasteiger partial charge is 0.382 e. The fourth-order valence-electron chi connectivity index (χ4n) is 2.40. The van der Waals surface area contributed by atoms with Gasteiger partial charge in [-0.25, -0.2) is 4.98 Å². The predicted molar refractivity (Wildman–Crippen MR) is 68.4 cm³/mol. The number of likely N-dealkylation sites (tertiary alicyclic amines) is 1. The maximum Gasteiger partial charge on any atom is 0.141 e. The van der Waals surface area contributed by atoms with Crippen LogP contribution in [0.15, 0.2) is 12.4 Å². The number of hydrogen-bond donors (Lipinski definition) is 1. The van der Waals surface area contributed by atoms with Gasteiger partial charge in [0.15, 0.2) is 0 Å². The van der Waals surface area contributed by atoms with Crippen molar-refractivity contribution in [1.82, 2.24) is 19.8 Å². The van der Waals surface area contributed by atoms with E-state index in [0.29, 0.717) is 5.82 Å². The van der Waals surface area contributed by atoms with Gasteiger partial charge in [0.1, 0.15) is 5.82 Å². The Labute approximate surface area is 103 Å². The van der Waals surface area contributed by atoms with Gasteiger partial charge < -0.3 is 15.5 Å². The van der Waals surface area contributed by atoms with Crippen LogP contribution in [-0.4, -0.2) is 53.5 Å². The SMILES string of the molecule is CN1CCC(CN(C)Cc2cnc(N)cn2)C1. The summed E-state index contributed by atoms with van der Waals surface area (Å²) >= 11 is 0. The average molecular weight is 235 g/mol. The summed E-state index contributed by atoms with van der Waals surface area (Å²) in [6.07, 6.45) is 4.67. The standard InChI is InChI=1S/C12H21N5/c1-16-4-3-10(7-16)8-17(2)9-11-5-15-12(13)6-14-11/h5-6,10H,3-4,7-9H2,1-2H3,(H2,13,15). The molecule has 2 rings (SSSR count). The molecule has 0 spiro atoms. The summed E-state index contributed by atoms with van der Waals surface area (Å²) < 4.78 is 0. The van der Waals surface area contributed by atoms with Crippen molar-refractivity contribution >= 4 is 5.82 Å². The molecule has 1 aliphatic heterocycles. The zero-order valence-electron chi connectivity index (χ0n) is 10.6. The number of nitrogen functional groups attached to an aromatic ring is 1. The smallest absolute Gasteiger partial charge is 0.141 e. The minimum atomic E-state index is 0.480. The van der Waals surface area contributed by atoms with Crippen LogP contribution in [0, 0.1) is 5.92 Å². The Morgan fingerprint density at radius 1 is 1.47 bits per heavy atom. The zero-order chi connectivity index (χ0) is 12.3. The van der Waals surface area contributed by atoms with Crippen molar-refractivity contribution in [3.63, 3.8) is 0 Å². The first-order valence-corrected chi connectivity index (χ1v) is 6.07. The van der Waals surface area contributed by atoms with Gasteiger partial charge in [-0.05, 0) is 33.0 Å². The molecule has 1 unspecified atom stereocenters. The van der Waals surface area contributed by atoms with E-state index < -0.39 is 0 Å². The zero-order valence-corrected chi connectivity index (χ0v) is 10.6. The van der Waals surface area contributed by atoms with E-state index in [4.69, 9.17) is 5.73 Å². The lowest BCUT2D eigenvalue weighted by molar-refractivity contribution is 0.264. The molecule has 0 bridgehead atoms. The summed E-state index contributed by atoms with van der Waals surface area (Å²) in [7, 11) is 4.32. The van der Waals surface area contributed by atoms with E-state index in [2.05, 4.69) is 33.9 Å². The van der Waals surface area contributed by atoms with Crippen LogP contribution in [0.2, 0.25) is 0 Å². The molecule has 2 heterocycles. The number of rotatable bonds is 4. The molecule has 1 atom stereocenters. The van der Waals surface area contributed by atoms with Crippen LogP contribution in [0.4, 0.5) is 5.82 Å². The summed E-state index contributed by atoms with van der Waals surface area (Å²) in [4.78, 5) is 13.0. The first-order valence-electron chi connectivity index (χ1n) is 6.07. The van der Waals surface area contributed by atoms with Crippen LogP contribution in [0.25, 0.3) is 0 Å². The van der Waals surface area contributed by atoms with E-state index in [0.717, 1.165) is 24.7 Å². The highest BCUT2D eigenvalue weighted by molar-refractivity contribution is 5.22. The Kier molecular flexibility index (Phi) is 3.91. The minimum absolute atomic E-state index is 0.480. The third-order valence-corrected chi connectivity index (χ3v) is 3.22. The van der Waals surface area contributed by atoms with E-state index in [1.165, 1.54) is 19.5 Å². The predicted octanol–water partition coefficient (Wildman–Crippen LogP) is 0.442. The third-order valence-electron chi connectivity index (χ3n) is 3.22. The van der Waals surface area contributed by atoms with Gasteiger partial charge in [-0.3, -0.25) is 4.98 Å². The van der Waals surface area contributed by atoms with Crippen LogP contribution in [-0.2, 0) is 6.54 Å². The van der Waals surface area contributed by atoms with Crippen LogP contribution in [0.1, 0.15) is 12.1 Å². The Balaban J connectivity index is 1.80. The van der Waals surface area contributed by atoms with Gasteiger partial charge in [0, 0.05) is 19.6 Å². The van der Waals surface area contributed by atoms with E-state index in [-0.39, 0.29) is 0 Å². The molecule has 94 valence electrons. The summed E-state index contributed by atoms with van der Waals surface area (Å²) in [6, 6.07) is 0. The Hall–Kier alpha value is -1.20. The monoisotopic (exact) mass is 235 g/mol. The molecule has 1 fully saturated rings. The second kappa shape index (κ2) is 5.42. The topological polar surface area (TPSA) is 58.3 Å². The fourth-order valence-corrected chi connectivity index (χ4v) is 2.40. The molecule has 1 aliphatic rings. The number of aromatic nitrogens is 2. The number of hydrogen-bond acceptors (Lipinski definition) is 5. The second-order valence-corrected chi connectivity index (χ2v) is 5.05. The lowest BCUT2D eigenvalue weighted by Gasteiger charge is -2.20. The molecule has 17 heavy (non-hydrogen) atoms. The average Bonchev–Trinajstić information content (AvgIpc) is 2.67. The van der Waals surface area contributed by atoms with E-state index in [1.807, 2.05) is 0 Å². The van der Waals surface area contributed by atoms with Crippen molar-refractivity contribution in [2.75, 3.05) is 39.5 Å². The van der Waals surface area contributed by atoms with Crippen molar-refractivity contribution in [3.05, 3.63) is 18.1 Å². The quantitative estimate of drug-likeness (QED) is 0.821. The summed E-state index contributed by atoms with van der Waals surface area (Å²) in [5.41, 5.74) is 6.49. The fraction of sp³-hybridized carbons (Fsp3) is 0.667. The molecule has 1 saturated heterocycles. The minimum Gasteiger partial charge on any atom is -0.382 e. The van der Waals surface area contributed by atoms with Crippen LogP contribution in [0.3, 0.4) is 0 Å². The number of nitrogens with two attached hydrogens (primary N) is 1. The number of anilines is 1. The van der Waals surface area contributed by atoms with Crippen LogP contribution < -0.4 is 5.73 Å². The second-order valence-electron chi connectivity index (χ2n) is 5.05. The summed E-state index contributed by atoms with van der Waals surface area (Å²) in [5.74, 6) is 1.26. The van der Waals surface area contributed by atoms with Gasteiger partial charge in [0.2, 0.25) is 0 Å². The molecule has 0 radical (unpaired) electrons. The molecule has 0 aromatic carbocycles. The molecular formula is C12H21N5. The van der Waals surface area contributed by atoms with Gasteiger partial charge in [-0.15, -0.1) is 0 Å². The van der Waals surface area contributed by atoms with E-state index in [1.54, 1.807) is 12.4 Å². The maximum atomic E-state index is 5.51. The van der Waals surface area contributed by atoms with Gasteiger partial charge in [-0.1, -0.05) is 0 Å². The molecule has 0 amide bonds. The molecule has 1 aromatic rings. The van der Waals surface area contributed by atoms with Gasteiger partial charge in [-0.2, -0.15) is 0 Å². The van der Waals surface area contributed by atoms with E-state index >= 15 is 0 Å². The molecule has 0 saturated carbocycles. The molecule has 5 nitrogen and oxygen atoms in total. The molecule has 5 heteroatoms. The van der Waals surface area contributed by atoms with Crippen molar-refractivity contribution in [3.8, 4) is 0 Å². The lowest BCUT2D eigenvalue weighted by Crippen LogP contribution is -2.27. The van der Waals surface area contributed by atoms with Gasteiger partial charge >= 0.3 is 0 Å². The van der Waals surface area contributed by atoms with Crippen molar-refractivity contribution < 1.29 is 0 Å². The highest BCUT2D eigenvalue weighted by Gasteiger charge is 2.20. The van der Waals surface area contributed by atoms with Crippen LogP contribution >= 0.6 is 0 Å². The first-order chi connectivity index (χ1) is 8.13. The van der Waals surface area contributed by atoms with E-state index in [9.17, 15) is 0 Å². The Bertz CT molecular complexity index is 350. The van der Waals surface area contributed by atoms with Crippen molar-refractivity contribution in [1.29, 1.82) is 0 Å². The van der Waals surface area contributed by atoms with Crippen LogP contribution in [0.5, 0.6) is 0 Å². The number of nitrogens with zero attached hydrogens (tertiary/aromatic N) is 4. The normalized spacial score (nSPS) is 21.2. The van der Waals surface area contributed by atoms with Crippen molar-refractivity contribution in [2.24, 2.45) is 5.92 Å². The highest BCUT2D eigenvalue weighted by atomic mass is 15.2. The summed E-state index contributed by atoms with van der Waals surface area (Å²) in [6.45, 7) is 4.39. The third kappa shape index (κ3) is 3.64. The van der Waals surface area contributed by atoms with Gasteiger partial charge in [0.05, 0.1) is 18.1 Å².